The number of piperidine rings is 1. The Kier molecular flexibility index (Phi) is 7.69. The van der Waals surface area contributed by atoms with Crippen molar-refractivity contribution < 1.29 is 17.6 Å². The first-order valence-corrected chi connectivity index (χ1v) is 13.2. The number of nitrogens with zero attached hydrogens (tertiary/aromatic N) is 2. The number of carbonyl (C=O) groups is 1. The summed E-state index contributed by atoms with van der Waals surface area (Å²) < 4.78 is 33.2. The Morgan fingerprint density at radius 1 is 1.09 bits per heavy atom. The van der Waals surface area contributed by atoms with Crippen molar-refractivity contribution >= 4 is 38.9 Å². The van der Waals surface area contributed by atoms with Crippen LogP contribution in [0.4, 0.5) is 11.4 Å². The molecule has 0 saturated carbocycles. The highest BCUT2D eigenvalue weighted by Gasteiger charge is 2.31. The van der Waals surface area contributed by atoms with E-state index in [0.29, 0.717) is 42.3 Å². The maximum Gasteiger partial charge on any atom is 0.276 e. The van der Waals surface area contributed by atoms with Gasteiger partial charge in [-0.25, -0.2) is 8.42 Å². The van der Waals surface area contributed by atoms with Gasteiger partial charge in [0.15, 0.2) is 0 Å². The SMILES string of the molecule is CN(C)c1cccc(NC2CCN(S(=O)(=O)c3ccc(CNC(=O)c4ccc(Cl)cc4)o3)CC2)c1. The zero-order chi connectivity index (χ0) is 25.0. The van der Waals surface area contributed by atoms with E-state index in [-0.39, 0.29) is 23.6 Å². The largest absolute Gasteiger partial charge is 0.446 e. The van der Waals surface area contributed by atoms with E-state index in [9.17, 15) is 13.2 Å². The van der Waals surface area contributed by atoms with E-state index in [1.165, 1.54) is 10.4 Å². The van der Waals surface area contributed by atoms with Gasteiger partial charge in [0.1, 0.15) is 5.76 Å². The fourth-order valence-corrected chi connectivity index (χ4v) is 5.46. The standard InChI is InChI=1S/C25H29ClN4O4S/c1-29(2)22-5-3-4-21(16-22)28-20-12-14-30(15-13-20)35(32,33)24-11-10-23(34-24)17-27-25(31)18-6-8-19(26)9-7-18/h3-11,16,20,28H,12-15,17H2,1-2H3,(H,27,31). The zero-order valence-electron chi connectivity index (χ0n) is 19.7. The molecule has 1 aliphatic rings. The van der Waals surface area contributed by atoms with E-state index in [1.54, 1.807) is 30.3 Å². The third-order valence-electron chi connectivity index (χ3n) is 5.95. The molecule has 1 aromatic heterocycles. The molecule has 2 aromatic carbocycles. The molecule has 1 saturated heterocycles. The molecule has 3 aromatic rings. The van der Waals surface area contributed by atoms with Crippen molar-refractivity contribution in [3.8, 4) is 0 Å². The number of rotatable bonds is 8. The number of furan rings is 1. The van der Waals surface area contributed by atoms with Gasteiger partial charge >= 0.3 is 0 Å². The van der Waals surface area contributed by atoms with Gasteiger partial charge in [0.2, 0.25) is 5.09 Å². The lowest BCUT2D eigenvalue weighted by atomic mass is 10.1. The molecule has 1 aliphatic heterocycles. The summed E-state index contributed by atoms with van der Waals surface area (Å²) >= 11 is 5.85. The van der Waals surface area contributed by atoms with Crippen LogP contribution in [0, 0.1) is 0 Å². The number of hydrogen-bond acceptors (Lipinski definition) is 6. The minimum atomic E-state index is -3.75. The van der Waals surface area contributed by atoms with Crippen LogP contribution >= 0.6 is 11.6 Å². The van der Waals surface area contributed by atoms with E-state index >= 15 is 0 Å². The number of halogens is 1. The molecule has 0 radical (unpaired) electrons. The van der Waals surface area contributed by atoms with Gasteiger partial charge in [-0.1, -0.05) is 17.7 Å². The molecule has 1 fully saturated rings. The van der Waals surface area contributed by atoms with Gasteiger partial charge in [-0.2, -0.15) is 4.31 Å². The molecule has 0 bridgehead atoms. The third-order valence-corrected chi connectivity index (χ3v) is 7.97. The molecule has 0 aliphatic carbocycles. The predicted octanol–water partition coefficient (Wildman–Crippen LogP) is 4.19. The molecular formula is C25H29ClN4O4S. The fraction of sp³-hybridized carbons (Fsp3) is 0.320. The first kappa shape index (κ1) is 25.1. The van der Waals surface area contributed by atoms with Crippen LogP contribution in [0.5, 0.6) is 0 Å². The number of benzene rings is 2. The van der Waals surface area contributed by atoms with Crippen LogP contribution in [0.15, 0.2) is 70.2 Å². The lowest BCUT2D eigenvalue weighted by molar-refractivity contribution is 0.0947. The molecule has 4 rings (SSSR count). The average Bonchev–Trinajstić information content (AvgIpc) is 3.34. The van der Waals surface area contributed by atoms with Crippen LogP contribution in [0.3, 0.4) is 0 Å². The summed E-state index contributed by atoms with van der Waals surface area (Å²) in [7, 11) is 0.246. The van der Waals surface area contributed by atoms with Crippen LogP contribution in [-0.2, 0) is 16.6 Å². The van der Waals surface area contributed by atoms with Crippen LogP contribution in [-0.4, -0.2) is 51.9 Å². The van der Waals surface area contributed by atoms with Crippen molar-refractivity contribution in [1.29, 1.82) is 0 Å². The summed E-state index contributed by atoms with van der Waals surface area (Å²) in [6.07, 6.45) is 1.38. The van der Waals surface area contributed by atoms with Gasteiger partial charge in [0.25, 0.3) is 15.9 Å². The van der Waals surface area contributed by atoms with E-state index in [1.807, 2.05) is 37.2 Å². The van der Waals surface area contributed by atoms with Crippen LogP contribution in [0.25, 0.3) is 0 Å². The van der Waals surface area contributed by atoms with Gasteiger partial charge in [0, 0.05) is 55.2 Å². The van der Waals surface area contributed by atoms with Gasteiger partial charge in [0.05, 0.1) is 6.54 Å². The maximum absolute atomic E-state index is 13.1. The minimum Gasteiger partial charge on any atom is -0.446 e. The first-order chi connectivity index (χ1) is 16.7. The Balaban J connectivity index is 1.31. The lowest BCUT2D eigenvalue weighted by Crippen LogP contribution is -2.42. The van der Waals surface area contributed by atoms with Crippen molar-refractivity contribution in [2.24, 2.45) is 0 Å². The van der Waals surface area contributed by atoms with E-state index < -0.39 is 10.0 Å². The van der Waals surface area contributed by atoms with Crippen molar-refractivity contribution in [2.45, 2.75) is 30.5 Å². The molecule has 186 valence electrons. The van der Waals surface area contributed by atoms with E-state index in [0.717, 1.165) is 11.4 Å². The van der Waals surface area contributed by atoms with Crippen molar-refractivity contribution in [3.63, 3.8) is 0 Å². The van der Waals surface area contributed by atoms with Crippen molar-refractivity contribution in [1.82, 2.24) is 9.62 Å². The summed E-state index contributed by atoms with van der Waals surface area (Å²) in [4.78, 5) is 14.3. The molecule has 1 amide bonds. The molecule has 2 heterocycles. The highest BCUT2D eigenvalue weighted by molar-refractivity contribution is 7.89. The summed E-state index contributed by atoms with van der Waals surface area (Å²) in [5.74, 6) is 0.0661. The van der Waals surface area contributed by atoms with E-state index in [2.05, 4.69) is 16.7 Å². The summed E-state index contributed by atoms with van der Waals surface area (Å²) in [6.45, 7) is 0.877. The Morgan fingerprint density at radius 2 is 1.80 bits per heavy atom. The molecule has 0 atom stereocenters. The second-order valence-electron chi connectivity index (χ2n) is 8.68. The van der Waals surface area contributed by atoms with Crippen LogP contribution in [0.2, 0.25) is 5.02 Å². The van der Waals surface area contributed by atoms with Gasteiger partial charge in [-0.15, -0.1) is 0 Å². The summed E-state index contributed by atoms with van der Waals surface area (Å²) in [5.41, 5.74) is 2.58. The number of carbonyl (C=O) groups excluding carboxylic acids is 1. The van der Waals surface area contributed by atoms with Gasteiger partial charge in [-0.3, -0.25) is 4.79 Å². The summed E-state index contributed by atoms with van der Waals surface area (Å²) in [6, 6.07) is 17.9. The number of hydrogen-bond donors (Lipinski definition) is 2. The Bertz CT molecular complexity index is 1270. The predicted molar refractivity (Wildman–Crippen MR) is 138 cm³/mol. The lowest BCUT2D eigenvalue weighted by Gasteiger charge is -2.31. The normalized spacial score (nSPS) is 15.1. The van der Waals surface area contributed by atoms with Crippen molar-refractivity contribution in [3.05, 3.63) is 77.0 Å². The molecular weight excluding hydrogens is 488 g/mol. The first-order valence-electron chi connectivity index (χ1n) is 11.4. The van der Waals surface area contributed by atoms with Crippen LogP contribution < -0.4 is 15.5 Å². The molecule has 10 heteroatoms. The third kappa shape index (κ3) is 6.17. The Hall–Kier alpha value is -3.01. The smallest absolute Gasteiger partial charge is 0.276 e. The minimum absolute atomic E-state index is 0.0784. The van der Waals surface area contributed by atoms with Gasteiger partial charge < -0.3 is 20.0 Å². The monoisotopic (exact) mass is 516 g/mol. The zero-order valence-corrected chi connectivity index (χ0v) is 21.3. The fourth-order valence-electron chi connectivity index (χ4n) is 3.94. The van der Waals surface area contributed by atoms with Gasteiger partial charge in [-0.05, 0) is 67.4 Å². The van der Waals surface area contributed by atoms with Crippen molar-refractivity contribution in [2.75, 3.05) is 37.4 Å². The average molecular weight is 517 g/mol. The number of anilines is 2. The highest BCUT2D eigenvalue weighted by Crippen LogP contribution is 2.25. The number of nitrogens with one attached hydrogen (secondary N) is 2. The number of sulfonamides is 1. The molecule has 0 spiro atoms. The topological polar surface area (TPSA) is 94.9 Å². The Labute approximate surface area is 210 Å². The van der Waals surface area contributed by atoms with Crippen LogP contribution in [0.1, 0.15) is 29.0 Å². The molecule has 8 nitrogen and oxygen atoms in total. The molecule has 35 heavy (non-hydrogen) atoms. The quantitative estimate of drug-likeness (QED) is 0.466. The summed E-state index contributed by atoms with van der Waals surface area (Å²) in [5, 5.41) is 6.67. The highest BCUT2D eigenvalue weighted by atomic mass is 35.5. The maximum atomic E-state index is 13.1. The second-order valence-corrected chi connectivity index (χ2v) is 11.0. The second kappa shape index (κ2) is 10.7. The van der Waals surface area contributed by atoms with E-state index in [4.69, 9.17) is 16.0 Å². The molecule has 0 unspecified atom stereocenters. The Morgan fingerprint density at radius 3 is 2.49 bits per heavy atom. The number of amides is 1. The molecule has 2 N–H and O–H groups in total.